The van der Waals surface area contributed by atoms with Gasteiger partial charge in [-0.15, -0.1) is 0 Å². The summed E-state index contributed by atoms with van der Waals surface area (Å²) in [5.74, 6) is 2.63. The molecule has 1 saturated heterocycles. The predicted molar refractivity (Wildman–Crippen MR) is 152 cm³/mol. The number of ether oxygens (including phenoxy) is 3. The molecule has 10 nitrogen and oxygen atoms in total. The zero-order valence-electron chi connectivity index (χ0n) is 21.1. The molecule has 1 fully saturated rings. The Morgan fingerprint density at radius 1 is 1.18 bits per heavy atom. The third-order valence-electron chi connectivity index (χ3n) is 6.60. The Balaban J connectivity index is 0.00000294. The summed E-state index contributed by atoms with van der Waals surface area (Å²) in [6, 6.07) is 9.67. The Bertz CT molecular complexity index is 1600. The molecule has 5 aromatic rings. The SMILES string of the molecule is CNc1cc(OC)c2ccc(OCc3cncc(-n4cc([C@@H]5CCCO5)c5c(N)ncnc54)c3)cc2n1.S. The lowest BCUT2D eigenvalue weighted by atomic mass is 10.1. The van der Waals surface area contributed by atoms with Gasteiger partial charge >= 0.3 is 0 Å². The van der Waals surface area contributed by atoms with Crippen molar-refractivity contribution in [2.75, 3.05) is 31.8 Å². The molecule has 1 atom stereocenters. The Kier molecular flexibility index (Phi) is 7.21. The fraction of sp³-hybridized carbons (Fsp3) is 0.259. The summed E-state index contributed by atoms with van der Waals surface area (Å²) in [4.78, 5) is 17.8. The Morgan fingerprint density at radius 2 is 2.08 bits per heavy atom. The van der Waals surface area contributed by atoms with Crippen molar-refractivity contribution < 1.29 is 14.2 Å². The van der Waals surface area contributed by atoms with Gasteiger partial charge in [0, 0.05) is 54.7 Å². The summed E-state index contributed by atoms with van der Waals surface area (Å²) in [6.07, 6.45) is 9.06. The number of hydrogen-bond donors (Lipinski definition) is 2. The van der Waals surface area contributed by atoms with Gasteiger partial charge in [-0.1, -0.05) is 0 Å². The fourth-order valence-electron chi connectivity index (χ4n) is 4.79. The van der Waals surface area contributed by atoms with Crippen LogP contribution in [0.5, 0.6) is 11.5 Å². The number of rotatable bonds is 7. The van der Waals surface area contributed by atoms with Gasteiger partial charge in [-0.25, -0.2) is 15.0 Å². The van der Waals surface area contributed by atoms with Crippen molar-refractivity contribution in [1.29, 1.82) is 0 Å². The number of methoxy groups -OCH3 is 1. The first kappa shape index (κ1) is 25.6. The van der Waals surface area contributed by atoms with E-state index in [1.807, 2.05) is 48.1 Å². The molecule has 1 aliphatic heterocycles. The van der Waals surface area contributed by atoms with Gasteiger partial charge in [0.1, 0.15) is 41.7 Å². The first-order valence-electron chi connectivity index (χ1n) is 12.1. The number of anilines is 2. The van der Waals surface area contributed by atoms with Crippen molar-refractivity contribution in [3.8, 4) is 17.2 Å². The van der Waals surface area contributed by atoms with Crippen LogP contribution in [0.15, 0.2) is 55.2 Å². The molecule has 0 unspecified atom stereocenters. The van der Waals surface area contributed by atoms with Gasteiger partial charge in [0.25, 0.3) is 0 Å². The van der Waals surface area contributed by atoms with Gasteiger partial charge in [0.15, 0.2) is 0 Å². The van der Waals surface area contributed by atoms with Crippen LogP contribution in [0.1, 0.15) is 30.1 Å². The van der Waals surface area contributed by atoms with E-state index in [9.17, 15) is 0 Å². The van der Waals surface area contributed by atoms with Crippen molar-refractivity contribution in [3.63, 3.8) is 0 Å². The number of nitrogens with two attached hydrogens (primary N) is 1. The first-order chi connectivity index (χ1) is 18.1. The maximum atomic E-state index is 6.26. The molecular formula is C27H29N7O3S. The summed E-state index contributed by atoms with van der Waals surface area (Å²) in [5, 5.41) is 4.81. The van der Waals surface area contributed by atoms with Gasteiger partial charge in [0.05, 0.1) is 36.0 Å². The molecule has 196 valence electrons. The van der Waals surface area contributed by atoms with Crippen LogP contribution in [0.3, 0.4) is 0 Å². The summed E-state index contributed by atoms with van der Waals surface area (Å²) >= 11 is 0. The second kappa shape index (κ2) is 10.7. The van der Waals surface area contributed by atoms with E-state index in [1.54, 1.807) is 19.5 Å². The second-order valence-corrected chi connectivity index (χ2v) is 8.89. The third-order valence-corrected chi connectivity index (χ3v) is 6.60. The van der Waals surface area contributed by atoms with Crippen LogP contribution in [0.2, 0.25) is 0 Å². The molecule has 1 aliphatic rings. The highest BCUT2D eigenvalue weighted by Gasteiger charge is 2.25. The standard InChI is InChI=1S/C27H27N7O3.H2S/c1-29-24-10-23(35-2)19-6-5-18(9-21(19)33-24)37-14-16-8-17(12-30-11-16)34-13-20(22-4-3-7-36-22)25-26(28)31-15-32-27(25)34;/h5-6,8-13,15,22H,3-4,7,14H2,1-2H3,(H,29,33)(H2,28,31,32);1H2/t22-;/m0./s1. The molecule has 0 aliphatic carbocycles. The van der Waals surface area contributed by atoms with E-state index in [1.165, 1.54) is 6.33 Å². The molecule has 1 aromatic carbocycles. The van der Waals surface area contributed by atoms with Crippen molar-refractivity contribution in [3.05, 3.63) is 66.4 Å². The van der Waals surface area contributed by atoms with Gasteiger partial charge in [-0.3, -0.25) is 9.55 Å². The first-order valence-corrected chi connectivity index (χ1v) is 12.1. The van der Waals surface area contributed by atoms with Gasteiger partial charge in [-0.05, 0) is 31.0 Å². The van der Waals surface area contributed by atoms with E-state index in [-0.39, 0.29) is 19.6 Å². The summed E-state index contributed by atoms with van der Waals surface area (Å²) in [6.45, 7) is 1.08. The molecule has 0 spiro atoms. The highest BCUT2D eigenvalue weighted by Crippen LogP contribution is 2.37. The minimum atomic E-state index is -0.0138. The monoisotopic (exact) mass is 531 g/mol. The van der Waals surface area contributed by atoms with Crippen molar-refractivity contribution in [2.24, 2.45) is 0 Å². The molecule has 38 heavy (non-hydrogen) atoms. The molecule has 0 bridgehead atoms. The van der Waals surface area contributed by atoms with E-state index in [0.717, 1.165) is 69.8 Å². The number of aromatic nitrogens is 5. The number of pyridine rings is 2. The highest BCUT2D eigenvalue weighted by atomic mass is 32.1. The molecule has 0 amide bonds. The largest absolute Gasteiger partial charge is 0.496 e. The van der Waals surface area contributed by atoms with Crippen LogP contribution in [0.25, 0.3) is 27.6 Å². The summed E-state index contributed by atoms with van der Waals surface area (Å²) in [7, 11) is 3.47. The minimum Gasteiger partial charge on any atom is -0.496 e. The van der Waals surface area contributed by atoms with Crippen LogP contribution >= 0.6 is 13.5 Å². The van der Waals surface area contributed by atoms with E-state index < -0.39 is 0 Å². The van der Waals surface area contributed by atoms with E-state index in [4.69, 9.17) is 19.9 Å². The molecule has 0 saturated carbocycles. The zero-order valence-corrected chi connectivity index (χ0v) is 22.1. The number of hydrogen-bond acceptors (Lipinski definition) is 9. The topological polar surface area (TPSA) is 122 Å². The average Bonchev–Trinajstić information content (AvgIpc) is 3.60. The Labute approximate surface area is 226 Å². The molecule has 5 heterocycles. The number of fused-ring (bicyclic) bond motifs is 2. The fourth-order valence-corrected chi connectivity index (χ4v) is 4.79. The van der Waals surface area contributed by atoms with Crippen LogP contribution < -0.4 is 20.5 Å². The smallest absolute Gasteiger partial charge is 0.150 e. The maximum Gasteiger partial charge on any atom is 0.150 e. The Morgan fingerprint density at radius 3 is 2.87 bits per heavy atom. The second-order valence-electron chi connectivity index (χ2n) is 8.89. The average molecular weight is 532 g/mol. The van der Waals surface area contributed by atoms with Gasteiger partial charge < -0.3 is 25.3 Å². The molecule has 11 heteroatoms. The summed E-state index contributed by atoms with van der Waals surface area (Å²) < 4.78 is 19.6. The van der Waals surface area contributed by atoms with Crippen molar-refractivity contribution in [2.45, 2.75) is 25.6 Å². The van der Waals surface area contributed by atoms with Gasteiger partial charge in [0.2, 0.25) is 0 Å². The van der Waals surface area contributed by atoms with Crippen LogP contribution in [0, 0.1) is 0 Å². The molecule has 4 aromatic heterocycles. The predicted octanol–water partition coefficient (Wildman–Crippen LogP) is 4.54. The van der Waals surface area contributed by atoms with Crippen LogP contribution in [-0.4, -0.2) is 45.3 Å². The van der Waals surface area contributed by atoms with E-state index in [0.29, 0.717) is 18.2 Å². The maximum absolute atomic E-state index is 6.26. The third kappa shape index (κ3) is 4.66. The van der Waals surface area contributed by atoms with Gasteiger partial charge in [-0.2, -0.15) is 13.5 Å². The van der Waals surface area contributed by atoms with Crippen LogP contribution in [0.4, 0.5) is 11.6 Å². The lowest BCUT2D eigenvalue weighted by molar-refractivity contribution is 0.113. The normalized spacial score (nSPS) is 14.9. The molecular weight excluding hydrogens is 502 g/mol. The quantitative estimate of drug-likeness (QED) is 0.312. The van der Waals surface area contributed by atoms with Crippen LogP contribution in [-0.2, 0) is 11.3 Å². The molecule has 0 radical (unpaired) electrons. The zero-order chi connectivity index (χ0) is 25.4. The molecule has 3 N–H and O–H groups in total. The number of nitrogens with one attached hydrogen (secondary N) is 1. The lowest BCUT2D eigenvalue weighted by Crippen LogP contribution is -2.01. The summed E-state index contributed by atoms with van der Waals surface area (Å²) in [5.41, 5.74) is 10.6. The lowest BCUT2D eigenvalue weighted by Gasteiger charge is -2.11. The minimum absolute atomic E-state index is 0. The number of nitrogens with zero attached hydrogens (tertiary/aromatic N) is 5. The van der Waals surface area contributed by atoms with E-state index in [2.05, 4.69) is 25.3 Å². The molecule has 6 rings (SSSR count). The van der Waals surface area contributed by atoms with Crippen molar-refractivity contribution >= 4 is 47.1 Å². The number of nitrogen functional groups attached to an aromatic ring is 1. The van der Waals surface area contributed by atoms with E-state index >= 15 is 0 Å². The Hall–Kier alpha value is -4.09. The van der Waals surface area contributed by atoms with Crippen molar-refractivity contribution in [1.82, 2.24) is 24.5 Å². The number of benzene rings is 1. The highest BCUT2D eigenvalue weighted by molar-refractivity contribution is 7.59.